The van der Waals surface area contributed by atoms with Crippen LogP contribution in [0.25, 0.3) is 0 Å². The van der Waals surface area contributed by atoms with Crippen LogP contribution in [0.3, 0.4) is 0 Å². The molecule has 1 aliphatic rings. The molecule has 22 heavy (non-hydrogen) atoms. The van der Waals surface area contributed by atoms with Crippen LogP contribution in [0.5, 0.6) is 0 Å². The van der Waals surface area contributed by atoms with Crippen molar-refractivity contribution in [3.63, 3.8) is 0 Å². The number of nitrogens with zero attached hydrogens (tertiary/aromatic N) is 3. The summed E-state index contributed by atoms with van der Waals surface area (Å²) >= 11 is 0. The number of anilines is 1. The van der Waals surface area contributed by atoms with Gasteiger partial charge in [-0.25, -0.2) is 9.48 Å². The monoisotopic (exact) mass is 310 g/mol. The molecule has 1 N–H and O–H groups in total. The number of hydrogen-bond acceptors (Lipinski definition) is 5. The number of carbonyl (C=O) groups excluding carboxylic acids is 2. The van der Waals surface area contributed by atoms with Gasteiger partial charge in [0.2, 0.25) is 5.91 Å². The summed E-state index contributed by atoms with van der Waals surface area (Å²) in [6.07, 6.45) is 3.36. The first kappa shape index (κ1) is 16.3. The Labute approximate surface area is 129 Å². The highest BCUT2D eigenvalue weighted by molar-refractivity contribution is 5.97. The maximum atomic E-state index is 12.2. The average Bonchev–Trinajstić information content (AvgIpc) is 2.72. The quantitative estimate of drug-likeness (QED) is 0.909. The Morgan fingerprint density at radius 2 is 2.18 bits per heavy atom. The molecule has 1 aliphatic heterocycles. The van der Waals surface area contributed by atoms with Gasteiger partial charge in [-0.05, 0) is 27.2 Å². The lowest BCUT2D eigenvalue weighted by atomic mass is 10.0. The smallest absolute Gasteiger partial charge is 0.410 e. The molecule has 1 fully saturated rings. The molecule has 1 aromatic heterocycles. The summed E-state index contributed by atoms with van der Waals surface area (Å²) in [6.45, 7) is 6.22. The first-order valence-corrected chi connectivity index (χ1v) is 7.12. The van der Waals surface area contributed by atoms with Crippen molar-refractivity contribution in [1.29, 1.82) is 0 Å². The van der Waals surface area contributed by atoms with Crippen LogP contribution in [0.2, 0.25) is 0 Å². The molecule has 1 aromatic rings. The van der Waals surface area contributed by atoms with E-state index in [1.165, 1.54) is 11.1 Å². The van der Waals surface area contributed by atoms with Crippen LogP contribution in [-0.2, 0) is 21.0 Å². The fraction of sp³-hybridized carbons (Fsp3) is 0.643. The van der Waals surface area contributed by atoms with Gasteiger partial charge in [0.25, 0.3) is 0 Å². The highest BCUT2D eigenvalue weighted by Crippen LogP contribution is 2.22. The summed E-state index contributed by atoms with van der Waals surface area (Å²) < 4.78 is 11.8. The summed E-state index contributed by atoms with van der Waals surface area (Å²) in [5, 5.41) is 6.78. The Bertz CT molecular complexity index is 549. The van der Waals surface area contributed by atoms with Crippen molar-refractivity contribution in [1.82, 2.24) is 14.7 Å². The Morgan fingerprint density at radius 1 is 1.45 bits per heavy atom. The molecule has 122 valence electrons. The maximum absolute atomic E-state index is 12.2. The van der Waals surface area contributed by atoms with Gasteiger partial charge < -0.3 is 14.8 Å². The van der Waals surface area contributed by atoms with Gasteiger partial charge >= 0.3 is 6.09 Å². The van der Waals surface area contributed by atoms with Gasteiger partial charge in [-0.1, -0.05) is 0 Å². The van der Waals surface area contributed by atoms with E-state index in [1.54, 1.807) is 38.8 Å². The predicted molar refractivity (Wildman–Crippen MR) is 79.2 cm³/mol. The Kier molecular flexibility index (Phi) is 4.70. The zero-order valence-corrected chi connectivity index (χ0v) is 13.3. The zero-order valence-electron chi connectivity index (χ0n) is 13.3. The molecule has 0 saturated carbocycles. The third-order valence-corrected chi connectivity index (χ3v) is 3.11. The molecule has 8 heteroatoms. The van der Waals surface area contributed by atoms with Crippen LogP contribution in [0, 0.1) is 0 Å². The van der Waals surface area contributed by atoms with Gasteiger partial charge in [-0.2, -0.15) is 5.10 Å². The average molecular weight is 310 g/mol. The Hall–Kier alpha value is -2.09. The van der Waals surface area contributed by atoms with Gasteiger partial charge in [0.15, 0.2) is 0 Å². The van der Waals surface area contributed by atoms with Crippen molar-refractivity contribution < 1.29 is 19.1 Å². The van der Waals surface area contributed by atoms with Crippen LogP contribution >= 0.6 is 0 Å². The largest absolute Gasteiger partial charge is 0.444 e. The topological polar surface area (TPSA) is 85.7 Å². The lowest BCUT2D eigenvalue weighted by Gasteiger charge is -2.40. The van der Waals surface area contributed by atoms with E-state index in [1.807, 2.05) is 0 Å². The first-order chi connectivity index (χ1) is 10.3. The van der Waals surface area contributed by atoms with E-state index in [4.69, 9.17) is 9.47 Å². The van der Waals surface area contributed by atoms with Gasteiger partial charge in [0, 0.05) is 13.7 Å². The van der Waals surface area contributed by atoms with Crippen LogP contribution in [-0.4, -0.2) is 52.0 Å². The van der Waals surface area contributed by atoms with Crippen LogP contribution in [0.1, 0.15) is 27.2 Å². The number of hydrogen-bond donors (Lipinski definition) is 1. The number of aromatic nitrogens is 2. The molecule has 0 bridgehead atoms. The number of ether oxygens (including phenoxy) is 2. The summed E-state index contributed by atoms with van der Waals surface area (Å²) in [5.74, 6) is -0.242. The molecule has 2 rings (SSSR count). The number of rotatable bonds is 4. The number of carbonyl (C=O) groups is 2. The minimum Gasteiger partial charge on any atom is -0.444 e. The first-order valence-electron chi connectivity index (χ1n) is 7.12. The van der Waals surface area contributed by atoms with Gasteiger partial charge in [0.1, 0.15) is 18.4 Å². The van der Waals surface area contributed by atoms with E-state index >= 15 is 0 Å². The van der Waals surface area contributed by atoms with Crippen LogP contribution in [0.4, 0.5) is 10.5 Å². The Morgan fingerprint density at radius 3 is 2.73 bits per heavy atom. The third kappa shape index (κ3) is 3.97. The van der Waals surface area contributed by atoms with Crippen molar-refractivity contribution in [3.05, 3.63) is 12.4 Å². The van der Waals surface area contributed by atoms with Crippen molar-refractivity contribution >= 4 is 17.7 Å². The molecule has 2 heterocycles. The summed E-state index contributed by atoms with van der Waals surface area (Å²) in [6, 6.07) is -0.499. The fourth-order valence-electron chi connectivity index (χ4n) is 2.06. The molecule has 1 saturated heterocycles. The highest BCUT2D eigenvalue weighted by atomic mass is 16.6. The summed E-state index contributed by atoms with van der Waals surface area (Å²) in [4.78, 5) is 25.6. The molecule has 0 radical (unpaired) electrons. The second-order valence-corrected chi connectivity index (χ2v) is 6.15. The third-order valence-electron chi connectivity index (χ3n) is 3.11. The number of methoxy groups -OCH3 is 1. The van der Waals surface area contributed by atoms with Crippen molar-refractivity contribution in [2.24, 2.45) is 0 Å². The van der Waals surface area contributed by atoms with Gasteiger partial charge in [-0.15, -0.1) is 0 Å². The second kappa shape index (κ2) is 6.35. The molecule has 0 aliphatic carbocycles. The predicted octanol–water partition coefficient (Wildman–Crippen LogP) is 1.43. The summed E-state index contributed by atoms with van der Waals surface area (Å²) in [5.41, 5.74) is -0.00674. The molecule has 2 amide bonds. The van der Waals surface area contributed by atoms with E-state index in [2.05, 4.69) is 10.4 Å². The van der Waals surface area contributed by atoms with Gasteiger partial charge in [0.05, 0.1) is 18.1 Å². The lowest BCUT2D eigenvalue weighted by molar-refractivity contribution is -0.125. The van der Waals surface area contributed by atoms with Crippen molar-refractivity contribution in [2.45, 2.75) is 45.6 Å². The van der Waals surface area contributed by atoms with Crippen LogP contribution < -0.4 is 5.32 Å². The van der Waals surface area contributed by atoms with E-state index in [9.17, 15) is 9.59 Å². The number of amides is 2. The SMILES string of the molecule is COCn1cc(NC(=O)[C@H]2CCN2C(=O)OC(C)(C)C)cn1. The second-order valence-electron chi connectivity index (χ2n) is 6.15. The highest BCUT2D eigenvalue weighted by Gasteiger charge is 2.39. The molecule has 8 nitrogen and oxygen atoms in total. The minimum absolute atomic E-state index is 0.242. The Balaban J connectivity index is 1.90. The van der Waals surface area contributed by atoms with E-state index in [-0.39, 0.29) is 5.91 Å². The van der Waals surface area contributed by atoms with E-state index in [0.717, 1.165) is 0 Å². The maximum Gasteiger partial charge on any atom is 0.410 e. The number of likely N-dealkylation sites (tertiary alicyclic amines) is 1. The molecule has 1 atom stereocenters. The zero-order chi connectivity index (χ0) is 16.3. The minimum atomic E-state index is -0.574. The van der Waals surface area contributed by atoms with E-state index in [0.29, 0.717) is 25.4 Å². The number of nitrogens with one attached hydrogen (secondary N) is 1. The van der Waals surface area contributed by atoms with Gasteiger partial charge in [-0.3, -0.25) is 9.69 Å². The van der Waals surface area contributed by atoms with Crippen molar-refractivity contribution in [2.75, 3.05) is 19.0 Å². The standard InChI is InChI=1S/C14H22N4O4/c1-14(2,3)22-13(20)18-6-5-11(18)12(19)16-10-7-15-17(8-10)9-21-4/h7-8,11H,5-6,9H2,1-4H3,(H,16,19)/t11-/m1/s1. The molecular formula is C14H22N4O4. The molecule has 0 aromatic carbocycles. The van der Waals surface area contributed by atoms with Crippen LogP contribution in [0.15, 0.2) is 12.4 Å². The lowest BCUT2D eigenvalue weighted by Crippen LogP contribution is -2.57. The fourth-order valence-corrected chi connectivity index (χ4v) is 2.06. The molecule has 0 spiro atoms. The summed E-state index contributed by atoms with van der Waals surface area (Å²) in [7, 11) is 1.56. The van der Waals surface area contributed by atoms with Crippen molar-refractivity contribution in [3.8, 4) is 0 Å². The molecule has 0 unspecified atom stereocenters. The molecular weight excluding hydrogens is 288 g/mol. The normalized spacial score (nSPS) is 17.8. The van der Waals surface area contributed by atoms with E-state index < -0.39 is 17.7 Å².